The Morgan fingerprint density at radius 3 is 2.67 bits per heavy atom. The molecule has 1 aliphatic rings. The number of benzene rings is 1. The number of nitrogens with one attached hydrogen (secondary N) is 1. The summed E-state index contributed by atoms with van der Waals surface area (Å²) in [5.74, 6) is -1.48. The van der Waals surface area contributed by atoms with Crippen LogP contribution in [0.4, 0.5) is 5.69 Å². The van der Waals surface area contributed by atoms with Gasteiger partial charge in [0.1, 0.15) is 5.54 Å². The number of aliphatic carboxylic acids is 1. The maximum atomic E-state index is 12.1. The summed E-state index contributed by atoms with van der Waals surface area (Å²) in [4.78, 5) is 25.8. The smallest absolute Gasteiger partial charge is 0.329 e. The predicted molar refractivity (Wildman–Crippen MR) is 95.4 cm³/mol. The number of nitrogens with zero attached hydrogens (tertiary/aromatic N) is 1. The monoisotopic (exact) mass is 350 g/mol. The Balaban J connectivity index is 2.23. The Hall–Kier alpha value is -2.01. The highest BCUT2D eigenvalue weighted by Crippen LogP contribution is 2.34. The van der Waals surface area contributed by atoms with Gasteiger partial charge in [0, 0.05) is 36.6 Å². The molecule has 1 aromatic carbocycles. The highest BCUT2D eigenvalue weighted by Gasteiger charge is 2.48. The van der Waals surface area contributed by atoms with E-state index in [0.29, 0.717) is 30.8 Å². The van der Waals surface area contributed by atoms with Gasteiger partial charge in [-0.1, -0.05) is 17.7 Å². The van der Waals surface area contributed by atoms with E-state index in [9.17, 15) is 14.7 Å². The van der Waals surface area contributed by atoms with Gasteiger partial charge in [0.05, 0.1) is 0 Å². The first-order valence-electron chi connectivity index (χ1n) is 8.02. The third-order valence-corrected chi connectivity index (χ3v) is 4.85. The van der Waals surface area contributed by atoms with E-state index in [-0.39, 0.29) is 11.8 Å². The van der Waals surface area contributed by atoms with Crippen molar-refractivity contribution in [1.82, 2.24) is 5.32 Å². The number of hydrogen-bond donors (Lipinski definition) is 2. The predicted octanol–water partition coefficient (Wildman–Crippen LogP) is 3.09. The number of anilines is 1. The van der Waals surface area contributed by atoms with Gasteiger partial charge in [0.15, 0.2) is 0 Å². The van der Waals surface area contributed by atoms with Gasteiger partial charge in [-0.2, -0.15) is 0 Å². The largest absolute Gasteiger partial charge is 0.479 e. The lowest BCUT2D eigenvalue weighted by molar-refractivity contribution is -0.150. The van der Waals surface area contributed by atoms with Crippen molar-refractivity contribution < 1.29 is 14.7 Å². The van der Waals surface area contributed by atoms with Crippen LogP contribution in [0.2, 0.25) is 5.02 Å². The molecule has 5 nitrogen and oxygen atoms in total. The third kappa shape index (κ3) is 3.90. The van der Waals surface area contributed by atoms with Crippen molar-refractivity contribution in [3.8, 4) is 0 Å². The summed E-state index contributed by atoms with van der Waals surface area (Å²) < 4.78 is 0. The number of carbonyl (C=O) groups is 2. The van der Waals surface area contributed by atoms with Crippen molar-refractivity contribution in [2.24, 2.45) is 5.92 Å². The SMILES string of the molecule is C=CCC[C@@](NC(C)=O)(C(=O)O)C1CCN(c2ccc(Cl)cc2)C1. The van der Waals surface area contributed by atoms with Crippen LogP contribution in [0.3, 0.4) is 0 Å². The van der Waals surface area contributed by atoms with Crippen LogP contribution in [0.5, 0.6) is 0 Å². The van der Waals surface area contributed by atoms with Gasteiger partial charge in [0.2, 0.25) is 5.91 Å². The number of carboxylic acid groups (broad SMARTS) is 1. The fourth-order valence-corrected chi connectivity index (χ4v) is 3.52. The average Bonchev–Trinajstić information content (AvgIpc) is 3.02. The molecular weight excluding hydrogens is 328 g/mol. The number of rotatable bonds is 7. The van der Waals surface area contributed by atoms with Gasteiger partial charge in [-0.15, -0.1) is 6.58 Å². The lowest BCUT2D eigenvalue weighted by Gasteiger charge is -2.35. The van der Waals surface area contributed by atoms with Crippen LogP contribution in [0.25, 0.3) is 0 Å². The molecule has 0 spiro atoms. The van der Waals surface area contributed by atoms with E-state index in [1.54, 1.807) is 6.08 Å². The first-order valence-corrected chi connectivity index (χ1v) is 8.40. The van der Waals surface area contributed by atoms with Crippen molar-refractivity contribution >= 4 is 29.2 Å². The Labute approximate surface area is 147 Å². The van der Waals surface area contributed by atoms with E-state index in [2.05, 4.69) is 16.8 Å². The average molecular weight is 351 g/mol. The third-order valence-electron chi connectivity index (χ3n) is 4.60. The molecule has 2 N–H and O–H groups in total. The van der Waals surface area contributed by atoms with E-state index in [4.69, 9.17) is 11.6 Å². The Kier molecular flexibility index (Phi) is 5.89. The Bertz CT molecular complexity index is 617. The van der Waals surface area contributed by atoms with E-state index >= 15 is 0 Å². The van der Waals surface area contributed by atoms with E-state index in [0.717, 1.165) is 12.2 Å². The summed E-state index contributed by atoms with van der Waals surface area (Å²) in [5, 5.41) is 13.2. The number of carboxylic acids is 1. The highest BCUT2D eigenvalue weighted by molar-refractivity contribution is 6.30. The molecule has 6 heteroatoms. The zero-order chi connectivity index (χ0) is 17.7. The number of hydrogen-bond acceptors (Lipinski definition) is 3. The lowest BCUT2D eigenvalue weighted by Crippen LogP contribution is -2.59. The zero-order valence-corrected chi connectivity index (χ0v) is 14.6. The van der Waals surface area contributed by atoms with Crippen LogP contribution in [-0.4, -0.2) is 35.6 Å². The second kappa shape index (κ2) is 7.71. The fraction of sp³-hybridized carbons (Fsp3) is 0.444. The van der Waals surface area contributed by atoms with Crippen LogP contribution in [0.15, 0.2) is 36.9 Å². The molecule has 130 valence electrons. The van der Waals surface area contributed by atoms with Gasteiger partial charge in [-0.05, 0) is 43.5 Å². The lowest BCUT2D eigenvalue weighted by atomic mass is 9.79. The normalized spacial score (nSPS) is 19.6. The Morgan fingerprint density at radius 1 is 1.46 bits per heavy atom. The van der Waals surface area contributed by atoms with Gasteiger partial charge >= 0.3 is 5.97 Å². The quantitative estimate of drug-likeness (QED) is 0.741. The van der Waals surface area contributed by atoms with E-state index in [1.807, 2.05) is 24.3 Å². The fourth-order valence-electron chi connectivity index (χ4n) is 3.40. The van der Waals surface area contributed by atoms with E-state index in [1.165, 1.54) is 6.92 Å². The summed E-state index contributed by atoms with van der Waals surface area (Å²) in [7, 11) is 0. The second-order valence-corrected chi connectivity index (χ2v) is 6.63. The molecule has 1 heterocycles. The standard InChI is InChI=1S/C18H23ClN2O3/c1-3-4-10-18(17(23)24,20-13(2)22)14-9-11-21(12-14)16-7-5-15(19)6-8-16/h3,5-8,14H,1,4,9-12H2,2H3,(H,20,22)(H,23,24)/t14?,18-/m0/s1. The van der Waals surface area contributed by atoms with Crippen LogP contribution < -0.4 is 10.2 Å². The molecule has 24 heavy (non-hydrogen) atoms. The molecule has 2 atom stereocenters. The van der Waals surface area contributed by atoms with E-state index < -0.39 is 11.5 Å². The molecule has 2 rings (SSSR count). The molecule has 1 unspecified atom stereocenters. The van der Waals surface area contributed by atoms with Gasteiger partial charge < -0.3 is 15.3 Å². The summed E-state index contributed by atoms with van der Waals surface area (Å²) in [6.45, 7) is 6.35. The van der Waals surface area contributed by atoms with Gasteiger partial charge in [-0.3, -0.25) is 4.79 Å². The second-order valence-electron chi connectivity index (χ2n) is 6.19. The van der Waals surface area contributed by atoms with Crippen LogP contribution in [-0.2, 0) is 9.59 Å². The summed E-state index contributed by atoms with van der Waals surface area (Å²) >= 11 is 5.92. The maximum absolute atomic E-state index is 12.1. The summed E-state index contributed by atoms with van der Waals surface area (Å²) in [5.41, 5.74) is -0.256. The van der Waals surface area contributed by atoms with Crippen molar-refractivity contribution in [2.75, 3.05) is 18.0 Å². The van der Waals surface area contributed by atoms with Crippen LogP contribution in [0, 0.1) is 5.92 Å². The van der Waals surface area contributed by atoms with Gasteiger partial charge in [-0.25, -0.2) is 4.79 Å². The van der Waals surface area contributed by atoms with Gasteiger partial charge in [0.25, 0.3) is 0 Å². The minimum atomic E-state index is -1.26. The highest BCUT2D eigenvalue weighted by atomic mass is 35.5. The molecule has 0 bridgehead atoms. The number of allylic oxidation sites excluding steroid dienone is 1. The zero-order valence-electron chi connectivity index (χ0n) is 13.8. The van der Waals surface area contributed by atoms with Crippen molar-refractivity contribution in [3.05, 3.63) is 41.9 Å². The number of halogens is 1. The molecule has 0 aliphatic carbocycles. The number of carbonyl (C=O) groups excluding carboxylic acids is 1. The molecule has 1 saturated heterocycles. The summed E-state index contributed by atoms with van der Waals surface area (Å²) in [6.07, 6.45) is 3.26. The Morgan fingerprint density at radius 2 is 2.12 bits per heavy atom. The topological polar surface area (TPSA) is 69.6 Å². The first kappa shape index (κ1) is 18.3. The minimum absolute atomic E-state index is 0.172. The van der Waals surface area contributed by atoms with Crippen molar-refractivity contribution in [1.29, 1.82) is 0 Å². The first-order chi connectivity index (χ1) is 11.4. The van der Waals surface area contributed by atoms with Crippen LogP contribution >= 0.6 is 11.6 Å². The van der Waals surface area contributed by atoms with Crippen molar-refractivity contribution in [2.45, 2.75) is 31.7 Å². The molecule has 1 amide bonds. The molecule has 0 radical (unpaired) electrons. The maximum Gasteiger partial charge on any atom is 0.329 e. The molecule has 0 aromatic heterocycles. The molecule has 0 saturated carbocycles. The molecular formula is C18H23ClN2O3. The minimum Gasteiger partial charge on any atom is -0.479 e. The number of amides is 1. The summed E-state index contributed by atoms with van der Waals surface area (Å²) in [6, 6.07) is 7.49. The van der Waals surface area contributed by atoms with Crippen molar-refractivity contribution in [3.63, 3.8) is 0 Å². The van der Waals surface area contributed by atoms with Crippen LogP contribution in [0.1, 0.15) is 26.2 Å². The molecule has 1 fully saturated rings. The molecule has 1 aliphatic heterocycles. The molecule has 1 aromatic rings.